The standard InChI is InChI=1S/C22H22N4O3/c27-21(16-17-6-8-18(9-7-17)26-11-3-10-23-26)24-20-5-2-1-4-19(20)22(28)25-12-14-29-15-13-25/h1-11H,12-16H2,(H,24,27). The highest BCUT2D eigenvalue weighted by Gasteiger charge is 2.21. The molecule has 1 aliphatic heterocycles. The van der Waals surface area contributed by atoms with Crippen LogP contribution in [-0.4, -0.2) is 52.8 Å². The van der Waals surface area contributed by atoms with Crippen LogP contribution in [0.25, 0.3) is 5.69 Å². The molecule has 7 heteroatoms. The van der Waals surface area contributed by atoms with Gasteiger partial charge in [-0.3, -0.25) is 9.59 Å². The highest BCUT2D eigenvalue weighted by atomic mass is 16.5. The van der Waals surface area contributed by atoms with Gasteiger partial charge in [-0.1, -0.05) is 24.3 Å². The van der Waals surface area contributed by atoms with Gasteiger partial charge in [0.15, 0.2) is 0 Å². The number of carbonyl (C=O) groups is 2. The van der Waals surface area contributed by atoms with Crippen molar-refractivity contribution in [3.8, 4) is 5.69 Å². The third kappa shape index (κ3) is 4.52. The molecule has 2 aromatic carbocycles. The van der Waals surface area contributed by atoms with E-state index in [1.165, 1.54) is 0 Å². The number of nitrogens with one attached hydrogen (secondary N) is 1. The molecule has 2 amide bonds. The maximum absolute atomic E-state index is 12.8. The average molecular weight is 390 g/mol. The molecule has 1 saturated heterocycles. The van der Waals surface area contributed by atoms with Gasteiger partial charge in [-0.25, -0.2) is 4.68 Å². The molecule has 0 saturated carbocycles. The van der Waals surface area contributed by atoms with Gasteiger partial charge < -0.3 is 15.0 Å². The number of para-hydroxylation sites is 1. The van der Waals surface area contributed by atoms with Crippen molar-refractivity contribution >= 4 is 17.5 Å². The topological polar surface area (TPSA) is 76.5 Å². The number of nitrogens with zero attached hydrogens (tertiary/aromatic N) is 3. The number of ether oxygens (including phenoxy) is 1. The zero-order valence-corrected chi connectivity index (χ0v) is 16.0. The fraction of sp³-hybridized carbons (Fsp3) is 0.227. The Balaban J connectivity index is 1.43. The number of morpholine rings is 1. The molecule has 1 aliphatic rings. The van der Waals surface area contributed by atoms with Crippen molar-refractivity contribution in [3.05, 3.63) is 78.1 Å². The average Bonchev–Trinajstić information content (AvgIpc) is 3.30. The van der Waals surface area contributed by atoms with E-state index in [0.717, 1.165) is 11.3 Å². The summed E-state index contributed by atoms with van der Waals surface area (Å²) in [5.74, 6) is -0.258. The summed E-state index contributed by atoms with van der Waals surface area (Å²) < 4.78 is 7.07. The van der Waals surface area contributed by atoms with Crippen molar-refractivity contribution < 1.29 is 14.3 Å². The lowest BCUT2D eigenvalue weighted by Gasteiger charge is -2.27. The maximum atomic E-state index is 12.8. The largest absolute Gasteiger partial charge is 0.378 e. The van der Waals surface area contributed by atoms with Crippen molar-refractivity contribution in [1.29, 1.82) is 0 Å². The Labute approximate surface area is 168 Å². The number of carbonyl (C=O) groups excluding carboxylic acids is 2. The van der Waals surface area contributed by atoms with Crippen LogP contribution in [0.2, 0.25) is 0 Å². The minimum Gasteiger partial charge on any atom is -0.378 e. The minimum atomic E-state index is -0.168. The van der Waals surface area contributed by atoms with Crippen LogP contribution in [0.3, 0.4) is 0 Å². The fourth-order valence-corrected chi connectivity index (χ4v) is 3.28. The fourth-order valence-electron chi connectivity index (χ4n) is 3.28. The summed E-state index contributed by atoms with van der Waals surface area (Å²) in [6, 6.07) is 16.6. The van der Waals surface area contributed by atoms with E-state index in [1.807, 2.05) is 42.6 Å². The first-order valence-corrected chi connectivity index (χ1v) is 9.55. The van der Waals surface area contributed by atoms with Gasteiger partial charge >= 0.3 is 0 Å². The van der Waals surface area contributed by atoms with E-state index in [-0.39, 0.29) is 18.2 Å². The van der Waals surface area contributed by atoms with Crippen molar-refractivity contribution in [3.63, 3.8) is 0 Å². The van der Waals surface area contributed by atoms with Gasteiger partial charge in [0.25, 0.3) is 5.91 Å². The van der Waals surface area contributed by atoms with Crippen LogP contribution in [0.15, 0.2) is 67.0 Å². The molecule has 0 radical (unpaired) electrons. The van der Waals surface area contributed by atoms with E-state index in [2.05, 4.69) is 10.4 Å². The second-order valence-corrected chi connectivity index (χ2v) is 6.79. The van der Waals surface area contributed by atoms with E-state index in [0.29, 0.717) is 37.6 Å². The number of hydrogen-bond acceptors (Lipinski definition) is 4. The maximum Gasteiger partial charge on any atom is 0.256 e. The van der Waals surface area contributed by atoms with Crippen LogP contribution in [0.5, 0.6) is 0 Å². The van der Waals surface area contributed by atoms with Crippen LogP contribution in [0, 0.1) is 0 Å². The van der Waals surface area contributed by atoms with Crippen molar-refractivity contribution in [2.24, 2.45) is 0 Å². The van der Waals surface area contributed by atoms with E-state index in [1.54, 1.807) is 34.0 Å². The molecule has 0 unspecified atom stereocenters. The number of rotatable bonds is 5. The van der Waals surface area contributed by atoms with Gasteiger partial charge in [-0.2, -0.15) is 5.10 Å². The van der Waals surface area contributed by atoms with Crippen LogP contribution in [0.1, 0.15) is 15.9 Å². The molecule has 148 valence electrons. The van der Waals surface area contributed by atoms with E-state index in [4.69, 9.17) is 4.74 Å². The molecule has 0 atom stereocenters. The molecule has 7 nitrogen and oxygen atoms in total. The first kappa shape index (κ1) is 18.9. The molecular formula is C22H22N4O3. The summed E-state index contributed by atoms with van der Waals surface area (Å²) in [7, 11) is 0. The quantitative estimate of drug-likeness (QED) is 0.726. The lowest BCUT2D eigenvalue weighted by molar-refractivity contribution is -0.115. The van der Waals surface area contributed by atoms with Crippen LogP contribution < -0.4 is 5.32 Å². The molecule has 4 rings (SSSR count). The van der Waals surface area contributed by atoms with Gasteiger partial charge in [0.2, 0.25) is 5.91 Å². The number of anilines is 1. The van der Waals surface area contributed by atoms with Crippen LogP contribution in [-0.2, 0) is 16.0 Å². The predicted octanol–water partition coefficient (Wildman–Crippen LogP) is 2.53. The Hall–Kier alpha value is -3.45. The number of amides is 2. The van der Waals surface area contributed by atoms with Gasteiger partial charge in [0, 0.05) is 25.5 Å². The lowest BCUT2D eigenvalue weighted by atomic mass is 10.1. The summed E-state index contributed by atoms with van der Waals surface area (Å²) in [6.07, 6.45) is 3.81. The van der Waals surface area contributed by atoms with Gasteiger partial charge in [-0.15, -0.1) is 0 Å². The Morgan fingerprint density at radius 1 is 1.00 bits per heavy atom. The van der Waals surface area contributed by atoms with Crippen LogP contribution >= 0.6 is 0 Å². The molecule has 0 bridgehead atoms. The zero-order valence-electron chi connectivity index (χ0n) is 16.0. The molecule has 0 aliphatic carbocycles. The first-order chi connectivity index (χ1) is 14.2. The molecule has 0 spiro atoms. The zero-order chi connectivity index (χ0) is 20.1. The summed E-state index contributed by atoms with van der Waals surface area (Å²) >= 11 is 0. The number of benzene rings is 2. The first-order valence-electron chi connectivity index (χ1n) is 9.55. The van der Waals surface area contributed by atoms with E-state index >= 15 is 0 Å². The summed E-state index contributed by atoms with van der Waals surface area (Å²) in [5, 5.41) is 7.08. The van der Waals surface area contributed by atoms with Crippen molar-refractivity contribution in [1.82, 2.24) is 14.7 Å². The van der Waals surface area contributed by atoms with Gasteiger partial charge in [-0.05, 0) is 35.9 Å². The second kappa shape index (κ2) is 8.70. The molecule has 29 heavy (non-hydrogen) atoms. The summed E-state index contributed by atoms with van der Waals surface area (Å²) in [6.45, 7) is 2.19. The minimum absolute atomic E-state index is 0.0900. The van der Waals surface area contributed by atoms with Crippen molar-refractivity contribution in [2.45, 2.75) is 6.42 Å². The molecule has 3 aromatic rings. The van der Waals surface area contributed by atoms with Gasteiger partial charge in [0.05, 0.1) is 36.6 Å². The predicted molar refractivity (Wildman–Crippen MR) is 109 cm³/mol. The number of aromatic nitrogens is 2. The molecule has 2 heterocycles. The Morgan fingerprint density at radius 2 is 1.76 bits per heavy atom. The highest BCUT2D eigenvalue weighted by Crippen LogP contribution is 2.19. The Kier molecular flexibility index (Phi) is 5.67. The normalized spacial score (nSPS) is 13.9. The molecule has 1 N–H and O–H groups in total. The molecule has 1 aromatic heterocycles. The molecular weight excluding hydrogens is 368 g/mol. The van der Waals surface area contributed by atoms with Crippen molar-refractivity contribution in [2.75, 3.05) is 31.6 Å². The highest BCUT2D eigenvalue weighted by molar-refractivity contribution is 6.04. The third-order valence-electron chi connectivity index (χ3n) is 4.80. The SMILES string of the molecule is O=C(Cc1ccc(-n2cccn2)cc1)Nc1ccccc1C(=O)N1CCOCC1. The van der Waals surface area contributed by atoms with Gasteiger partial charge in [0.1, 0.15) is 0 Å². The Bertz CT molecular complexity index is 978. The lowest BCUT2D eigenvalue weighted by Crippen LogP contribution is -2.41. The monoisotopic (exact) mass is 390 g/mol. The molecule has 1 fully saturated rings. The Morgan fingerprint density at radius 3 is 2.48 bits per heavy atom. The summed E-state index contributed by atoms with van der Waals surface area (Å²) in [5.41, 5.74) is 2.84. The number of hydrogen-bond donors (Lipinski definition) is 1. The van der Waals surface area contributed by atoms with E-state index < -0.39 is 0 Å². The third-order valence-corrected chi connectivity index (χ3v) is 4.80. The van der Waals surface area contributed by atoms with Crippen LogP contribution in [0.4, 0.5) is 5.69 Å². The summed E-state index contributed by atoms with van der Waals surface area (Å²) in [4.78, 5) is 27.1. The van der Waals surface area contributed by atoms with E-state index in [9.17, 15) is 9.59 Å². The smallest absolute Gasteiger partial charge is 0.256 e. The second-order valence-electron chi connectivity index (χ2n) is 6.79.